The number of rotatable bonds is 5. The molecular formula is C16H21F2NOS. The Labute approximate surface area is 128 Å². The number of benzene rings is 1. The van der Waals surface area contributed by atoms with Crippen LogP contribution >= 0.6 is 11.8 Å². The van der Waals surface area contributed by atoms with Crippen LogP contribution in [-0.2, 0) is 4.79 Å². The molecule has 0 spiro atoms. The molecule has 1 unspecified atom stereocenters. The molecule has 0 aliphatic heterocycles. The van der Waals surface area contributed by atoms with Crippen LogP contribution in [0, 0.1) is 17.6 Å². The van der Waals surface area contributed by atoms with E-state index < -0.39 is 11.6 Å². The van der Waals surface area contributed by atoms with Crippen LogP contribution in [0.15, 0.2) is 23.1 Å². The molecule has 1 N–H and O–H groups in total. The van der Waals surface area contributed by atoms with E-state index in [1.807, 2.05) is 0 Å². The standard InChI is InChI=1S/C16H21F2NOS/c1-11(21-13-7-8-14(17)15(18)9-13)16(20)19-10-12-5-3-2-4-6-12/h7-9,11-12H,2-6,10H2,1H3,(H,19,20). The van der Waals surface area contributed by atoms with Crippen LogP contribution < -0.4 is 5.32 Å². The highest BCUT2D eigenvalue weighted by atomic mass is 32.2. The molecule has 5 heteroatoms. The van der Waals surface area contributed by atoms with Gasteiger partial charge in [0.2, 0.25) is 5.91 Å². The average molecular weight is 313 g/mol. The minimum atomic E-state index is -0.880. The Morgan fingerprint density at radius 1 is 1.29 bits per heavy atom. The number of nitrogens with one attached hydrogen (secondary N) is 1. The lowest BCUT2D eigenvalue weighted by atomic mass is 9.89. The van der Waals surface area contributed by atoms with Gasteiger partial charge in [-0.1, -0.05) is 19.3 Å². The summed E-state index contributed by atoms with van der Waals surface area (Å²) in [4.78, 5) is 12.6. The SMILES string of the molecule is CC(Sc1ccc(F)c(F)c1)C(=O)NCC1CCCCC1. The Kier molecular flexibility index (Phi) is 6.03. The molecule has 2 rings (SSSR count). The van der Waals surface area contributed by atoms with Crippen molar-refractivity contribution in [2.24, 2.45) is 5.92 Å². The third-order valence-corrected chi connectivity index (χ3v) is 4.96. The van der Waals surface area contributed by atoms with Gasteiger partial charge in [-0.3, -0.25) is 4.79 Å². The second-order valence-corrected chi connectivity index (χ2v) is 7.00. The molecule has 1 atom stereocenters. The summed E-state index contributed by atoms with van der Waals surface area (Å²) in [5.41, 5.74) is 0. The van der Waals surface area contributed by atoms with Crippen LogP contribution in [0.2, 0.25) is 0 Å². The van der Waals surface area contributed by atoms with Gasteiger partial charge in [0.05, 0.1) is 5.25 Å². The molecular weight excluding hydrogens is 292 g/mol. The molecule has 0 saturated heterocycles. The summed E-state index contributed by atoms with van der Waals surface area (Å²) in [7, 11) is 0. The van der Waals surface area contributed by atoms with E-state index in [9.17, 15) is 13.6 Å². The number of halogens is 2. The molecule has 1 amide bonds. The predicted molar refractivity (Wildman–Crippen MR) is 81.3 cm³/mol. The zero-order valence-corrected chi connectivity index (χ0v) is 13.0. The van der Waals surface area contributed by atoms with E-state index in [0.717, 1.165) is 18.7 Å². The highest BCUT2D eigenvalue weighted by Gasteiger charge is 2.18. The van der Waals surface area contributed by atoms with E-state index in [4.69, 9.17) is 0 Å². The first kappa shape index (κ1) is 16.3. The number of hydrogen-bond acceptors (Lipinski definition) is 2. The molecule has 1 saturated carbocycles. The van der Waals surface area contributed by atoms with Gasteiger partial charge in [-0.15, -0.1) is 11.8 Å². The molecule has 0 aromatic heterocycles. The molecule has 0 radical (unpaired) electrons. The molecule has 1 aliphatic carbocycles. The minimum absolute atomic E-state index is 0.0460. The first-order valence-corrected chi connectivity index (χ1v) is 8.33. The first-order valence-electron chi connectivity index (χ1n) is 7.45. The maximum absolute atomic E-state index is 13.1. The lowest BCUT2D eigenvalue weighted by Gasteiger charge is -2.22. The highest BCUT2D eigenvalue weighted by molar-refractivity contribution is 8.00. The van der Waals surface area contributed by atoms with Crippen LogP contribution in [0.3, 0.4) is 0 Å². The van der Waals surface area contributed by atoms with Crippen LogP contribution in [-0.4, -0.2) is 17.7 Å². The zero-order valence-electron chi connectivity index (χ0n) is 12.2. The molecule has 0 bridgehead atoms. The van der Waals surface area contributed by atoms with E-state index >= 15 is 0 Å². The second kappa shape index (κ2) is 7.78. The van der Waals surface area contributed by atoms with Crippen LogP contribution in [0.25, 0.3) is 0 Å². The van der Waals surface area contributed by atoms with Gasteiger partial charge in [-0.25, -0.2) is 8.78 Å². The Morgan fingerprint density at radius 3 is 2.67 bits per heavy atom. The predicted octanol–water partition coefficient (Wildman–Crippen LogP) is 4.14. The Bertz CT molecular complexity index is 489. The fourth-order valence-corrected chi connectivity index (χ4v) is 3.50. The van der Waals surface area contributed by atoms with Crippen LogP contribution in [0.1, 0.15) is 39.0 Å². The molecule has 1 aromatic carbocycles. The third-order valence-electron chi connectivity index (χ3n) is 3.86. The van der Waals surface area contributed by atoms with E-state index in [1.54, 1.807) is 6.92 Å². The number of thioether (sulfide) groups is 1. The number of hydrogen-bond donors (Lipinski definition) is 1. The quantitative estimate of drug-likeness (QED) is 0.828. The summed E-state index contributed by atoms with van der Waals surface area (Å²) in [5.74, 6) is -1.21. The van der Waals surface area contributed by atoms with Crippen LogP contribution in [0.4, 0.5) is 8.78 Å². The monoisotopic (exact) mass is 313 g/mol. The topological polar surface area (TPSA) is 29.1 Å². The van der Waals surface area contributed by atoms with Crippen molar-refractivity contribution in [3.8, 4) is 0 Å². The van der Waals surface area contributed by atoms with Gasteiger partial charge in [0.15, 0.2) is 11.6 Å². The summed E-state index contributed by atoms with van der Waals surface area (Å²) in [6.07, 6.45) is 6.17. The first-order chi connectivity index (χ1) is 10.1. The van der Waals surface area contributed by atoms with Crippen molar-refractivity contribution >= 4 is 17.7 Å². The molecule has 0 heterocycles. The molecule has 21 heavy (non-hydrogen) atoms. The summed E-state index contributed by atoms with van der Waals surface area (Å²) in [6, 6.07) is 3.71. The van der Waals surface area contributed by atoms with Crippen molar-refractivity contribution < 1.29 is 13.6 Å². The summed E-state index contributed by atoms with van der Waals surface area (Å²) in [6.45, 7) is 2.50. The van der Waals surface area contributed by atoms with Gasteiger partial charge in [0.25, 0.3) is 0 Å². The summed E-state index contributed by atoms with van der Waals surface area (Å²) >= 11 is 1.24. The van der Waals surface area contributed by atoms with E-state index in [0.29, 0.717) is 10.8 Å². The summed E-state index contributed by atoms with van der Waals surface area (Å²) in [5, 5.41) is 2.65. The normalized spacial score (nSPS) is 17.5. The largest absolute Gasteiger partial charge is 0.355 e. The number of amides is 1. The third kappa shape index (κ3) is 4.99. The second-order valence-electron chi connectivity index (χ2n) is 5.59. The van der Waals surface area contributed by atoms with Crippen molar-refractivity contribution in [2.45, 2.75) is 49.2 Å². The number of carbonyl (C=O) groups is 1. The maximum atomic E-state index is 13.1. The molecule has 2 nitrogen and oxygen atoms in total. The molecule has 1 aromatic rings. The lowest BCUT2D eigenvalue weighted by Crippen LogP contribution is -2.35. The fourth-order valence-electron chi connectivity index (χ4n) is 2.59. The maximum Gasteiger partial charge on any atom is 0.233 e. The molecule has 1 aliphatic rings. The van der Waals surface area contributed by atoms with Crippen molar-refractivity contribution in [1.82, 2.24) is 5.32 Å². The van der Waals surface area contributed by atoms with Crippen molar-refractivity contribution in [3.63, 3.8) is 0 Å². The minimum Gasteiger partial charge on any atom is -0.355 e. The Morgan fingerprint density at radius 2 is 2.00 bits per heavy atom. The Balaban J connectivity index is 1.79. The van der Waals surface area contributed by atoms with Gasteiger partial charge in [-0.2, -0.15) is 0 Å². The fraction of sp³-hybridized carbons (Fsp3) is 0.562. The van der Waals surface area contributed by atoms with E-state index in [1.165, 1.54) is 49.9 Å². The smallest absolute Gasteiger partial charge is 0.233 e. The van der Waals surface area contributed by atoms with Gasteiger partial charge in [-0.05, 0) is 43.9 Å². The summed E-state index contributed by atoms with van der Waals surface area (Å²) < 4.78 is 26.0. The molecule has 116 valence electrons. The van der Waals surface area contributed by atoms with Crippen molar-refractivity contribution in [1.29, 1.82) is 0 Å². The highest BCUT2D eigenvalue weighted by Crippen LogP contribution is 2.26. The molecule has 1 fully saturated rings. The Hall–Kier alpha value is -1.10. The van der Waals surface area contributed by atoms with Gasteiger partial charge >= 0.3 is 0 Å². The van der Waals surface area contributed by atoms with E-state index in [-0.39, 0.29) is 11.2 Å². The van der Waals surface area contributed by atoms with Crippen molar-refractivity contribution in [3.05, 3.63) is 29.8 Å². The van der Waals surface area contributed by atoms with E-state index in [2.05, 4.69) is 5.32 Å². The van der Waals surface area contributed by atoms with Crippen LogP contribution in [0.5, 0.6) is 0 Å². The van der Waals surface area contributed by atoms with Gasteiger partial charge in [0.1, 0.15) is 0 Å². The average Bonchev–Trinajstić information content (AvgIpc) is 2.49. The zero-order chi connectivity index (χ0) is 15.2. The van der Waals surface area contributed by atoms with Gasteiger partial charge < -0.3 is 5.32 Å². The lowest BCUT2D eigenvalue weighted by molar-refractivity contribution is -0.120. The number of carbonyl (C=O) groups excluding carboxylic acids is 1. The van der Waals surface area contributed by atoms with Crippen molar-refractivity contribution in [2.75, 3.05) is 6.54 Å². The van der Waals surface area contributed by atoms with Gasteiger partial charge in [0, 0.05) is 11.4 Å².